The number of carbonyl (C=O) groups is 1. The highest BCUT2D eigenvalue weighted by Gasteiger charge is 2.34. The Bertz CT molecular complexity index is 766. The maximum Gasteiger partial charge on any atom is 0.246 e. The van der Waals surface area contributed by atoms with Gasteiger partial charge in [0.2, 0.25) is 15.9 Å². The second-order valence-electron chi connectivity index (χ2n) is 7.21. The molecule has 1 N–H and O–H groups in total. The molecule has 8 heteroatoms. The minimum Gasteiger partial charge on any atom is -0.495 e. The molecule has 27 heavy (non-hydrogen) atoms. The first-order valence-corrected chi connectivity index (χ1v) is 10.9. The maximum absolute atomic E-state index is 13.0. The topological polar surface area (TPSA) is 84.9 Å². The zero-order valence-corrected chi connectivity index (χ0v) is 16.8. The summed E-state index contributed by atoms with van der Waals surface area (Å²) in [5, 5.41) is 2.95. The Balaban J connectivity index is 1.59. The van der Waals surface area contributed by atoms with Crippen LogP contribution in [0.3, 0.4) is 0 Å². The molecule has 1 aromatic rings. The molecule has 1 amide bonds. The number of sulfonamides is 1. The average molecular weight is 397 g/mol. The summed E-state index contributed by atoms with van der Waals surface area (Å²) >= 11 is 0. The van der Waals surface area contributed by atoms with Crippen molar-refractivity contribution in [3.05, 3.63) is 23.8 Å². The number of nitrogens with one attached hydrogen (secondary N) is 1. The van der Waals surface area contributed by atoms with Gasteiger partial charge in [-0.25, -0.2) is 8.42 Å². The highest BCUT2D eigenvalue weighted by Crippen LogP contribution is 2.30. The highest BCUT2D eigenvalue weighted by atomic mass is 32.2. The Morgan fingerprint density at radius 1 is 1.30 bits per heavy atom. The summed E-state index contributed by atoms with van der Waals surface area (Å²) in [6.45, 7) is 3.81. The first kappa shape index (κ1) is 20.1. The van der Waals surface area contributed by atoms with E-state index in [0.717, 1.165) is 25.0 Å². The van der Waals surface area contributed by atoms with Gasteiger partial charge in [-0.2, -0.15) is 4.31 Å². The fraction of sp³-hybridized carbons (Fsp3) is 0.632. The van der Waals surface area contributed by atoms with E-state index in [9.17, 15) is 13.2 Å². The van der Waals surface area contributed by atoms with Crippen LogP contribution in [0.4, 0.5) is 0 Å². The second-order valence-corrected chi connectivity index (χ2v) is 9.12. The van der Waals surface area contributed by atoms with Crippen LogP contribution in [0.1, 0.15) is 31.2 Å². The Kier molecular flexibility index (Phi) is 6.39. The molecular formula is C19H28N2O5S. The zero-order chi connectivity index (χ0) is 19.4. The van der Waals surface area contributed by atoms with Crippen molar-refractivity contribution in [1.82, 2.24) is 9.62 Å². The molecule has 2 saturated heterocycles. The second kappa shape index (κ2) is 8.58. The summed E-state index contributed by atoms with van der Waals surface area (Å²) < 4.78 is 38.3. The first-order chi connectivity index (χ1) is 12.9. The lowest BCUT2D eigenvalue weighted by atomic mass is 9.97. The van der Waals surface area contributed by atoms with Crippen molar-refractivity contribution >= 4 is 15.9 Å². The van der Waals surface area contributed by atoms with Gasteiger partial charge in [0.1, 0.15) is 10.6 Å². The van der Waals surface area contributed by atoms with Gasteiger partial charge in [0.25, 0.3) is 0 Å². The van der Waals surface area contributed by atoms with Crippen LogP contribution in [-0.2, 0) is 19.6 Å². The van der Waals surface area contributed by atoms with E-state index in [4.69, 9.17) is 9.47 Å². The number of benzene rings is 1. The smallest absolute Gasteiger partial charge is 0.246 e. The fourth-order valence-electron chi connectivity index (χ4n) is 3.65. The first-order valence-electron chi connectivity index (χ1n) is 9.46. The van der Waals surface area contributed by atoms with Gasteiger partial charge in [0, 0.05) is 32.2 Å². The van der Waals surface area contributed by atoms with Crippen LogP contribution in [0, 0.1) is 12.8 Å². The Labute approximate surface area is 161 Å². The molecule has 1 atom stereocenters. The number of hydrogen-bond acceptors (Lipinski definition) is 5. The molecule has 2 aliphatic rings. The molecule has 3 rings (SSSR count). The minimum atomic E-state index is -3.65. The molecule has 0 aromatic heterocycles. The molecule has 0 spiro atoms. The van der Waals surface area contributed by atoms with Crippen LogP contribution in [0.15, 0.2) is 23.1 Å². The van der Waals surface area contributed by atoms with E-state index in [2.05, 4.69) is 5.32 Å². The van der Waals surface area contributed by atoms with Gasteiger partial charge in [0.05, 0.1) is 13.2 Å². The molecule has 2 heterocycles. The van der Waals surface area contributed by atoms with Gasteiger partial charge in [-0.05, 0) is 50.3 Å². The van der Waals surface area contributed by atoms with Crippen LogP contribution in [0.5, 0.6) is 5.75 Å². The Hall–Kier alpha value is -1.64. The number of rotatable bonds is 6. The van der Waals surface area contributed by atoms with E-state index < -0.39 is 10.0 Å². The number of hydrogen-bond donors (Lipinski definition) is 1. The van der Waals surface area contributed by atoms with Gasteiger partial charge >= 0.3 is 0 Å². The molecule has 2 aliphatic heterocycles. The Morgan fingerprint density at radius 2 is 2.04 bits per heavy atom. The van der Waals surface area contributed by atoms with Crippen molar-refractivity contribution in [2.75, 3.05) is 33.4 Å². The third kappa shape index (κ3) is 4.62. The standard InChI is InChI=1S/C19H28N2O5S/c1-14-5-6-17(25-2)18(12-14)27(23,24)21-9-7-15(8-10-21)19(22)20-13-16-4-3-11-26-16/h5-6,12,15-16H,3-4,7-11,13H2,1-2H3,(H,20,22)/t16-/m1/s1. The van der Waals surface area contributed by atoms with Gasteiger partial charge < -0.3 is 14.8 Å². The number of methoxy groups -OCH3 is 1. The molecule has 0 saturated carbocycles. The molecule has 0 radical (unpaired) electrons. The summed E-state index contributed by atoms with van der Waals surface area (Å²) in [7, 11) is -2.18. The lowest BCUT2D eigenvalue weighted by Crippen LogP contribution is -2.44. The van der Waals surface area contributed by atoms with Gasteiger partial charge in [-0.3, -0.25) is 4.79 Å². The summed E-state index contributed by atoms with van der Waals surface area (Å²) in [5.41, 5.74) is 0.859. The van der Waals surface area contributed by atoms with Crippen LogP contribution < -0.4 is 10.1 Å². The molecule has 7 nitrogen and oxygen atoms in total. The average Bonchev–Trinajstić information content (AvgIpc) is 3.20. The SMILES string of the molecule is COc1ccc(C)cc1S(=O)(=O)N1CCC(C(=O)NC[C@H]2CCCO2)CC1. The largest absolute Gasteiger partial charge is 0.495 e. The van der Waals surface area contributed by atoms with E-state index in [1.54, 1.807) is 12.1 Å². The molecule has 0 aliphatic carbocycles. The summed E-state index contributed by atoms with van der Waals surface area (Å²) in [4.78, 5) is 12.6. The van der Waals surface area contributed by atoms with E-state index in [1.165, 1.54) is 11.4 Å². The quantitative estimate of drug-likeness (QED) is 0.791. The number of piperidine rings is 1. The number of carbonyl (C=O) groups excluding carboxylic acids is 1. The van der Waals surface area contributed by atoms with Crippen molar-refractivity contribution in [3.63, 3.8) is 0 Å². The van der Waals surface area contributed by atoms with Crippen LogP contribution >= 0.6 is 0 Å². The van der Waals surface area contributed by atoms with Crippen molar-refractivity contribution in [2.45, 2.75) is 43.6 Å². The van der Waals surface area contributed by atoms with Crippen LogP contribution in [0.2, 0.25) is 0 Å². The molecular weight excluding hydrogens is 368 g/mol. The van der Waals surface area contributed by atoms with E-state index >= 15 is 0 Å². The van der Waals surface area contributed by atoms with E-state index in [0.29, 0.717) is 38.2 Å². The summed E-state index contributed by atoms with van der Waals surface area (Å²) in [5.74, 6) is 0.185. The van der Waals surface area contributed by atoms with Gasteiger partial charge in [0.15, 0.2) is 0 Å². The zero-order valence-electron chi connectivity index (χ0n) is 15.9. The normalized spacial score (nSPS) is 21.9. The van der Waals surface area contributed by atoms with Crippen molar-refractivity contribution in [1.29, 1.82) is 0 Å². The molecule has 150 valence electrons. The summed E-state index contributed by atoms with van der Waals surface area (Å²) in [6.07, 6.45) is 3.17. The van der Waals surface area contributed by atoms with E-state index in [-0.39, 0.29) is 22.8 Å². The van der Waals surface area contributed by atoms with Crippen molar-refractivity contribution in [2.24, 2.45) is 5.92 Å². The predicted molar refractivity (Wildman–Crippen MR) is 101 cm³/mol. The van der Waals surface area contributed by atoms with Gasteiger partial charge in [-0.15, -0.1) is 0 Å². The summed E-state index contributed by atoms with van der Waals surface area (Å²) in [6, 6.07) is 5.13. The third-order valence-corrected chi connectivity index (χ3v) is 7.21. The molecule has 0 bridgehead atoms. The number of nitrogens with zero attached hydrogens (tertiary/aromatic N) is 1. The monoisotopic (exact) mass is 396 g/mol. The third-order valence-electron chi connectivity index (χ3n) is 5.29. The lowest BCUT2D eigenvalue weighted by Gasteiger charge is -2.31. The van der Waals surface area contributed by atoms with Crippen LogP contribution in [-0.4, -0.2) is 58.1 Å². The molecule has 1 aromatic carbocycles. The van der Waals surface area contributed by atoms with Crippen molar-refractivity contribution in [3.8, 4) is 5.75 Å². The predicted octanol–water partition coefficient (Wildman–Crippen LogP) is 1.70. The fourth-order valence-corrected chi connectivity index (χ4v) is 5.36. The van der Waals surface area contributed by atoms with E-state index in [1.807, 2.05) is 13.0 Å². The van der Waals surface area contributed by atoms with Crippen molar-refractivity contribution < 1.29 is 22.7 Å². The number of aryl methyl sites for hydroxylation is 1. The minimum absolute atomic E-state index is 0.00400. The molecule has 2 fully saturated rings. The van der Waals surface area contributed by atoms with Crippen LogP contribution in [0.25, 0.3) is 0 Å². The van der Waals surface area contributed by atoms with Gasteiger partial charge in [-0.1, -0.05) is 6.07 Å². The number of amides is 1. The molecule has 0 unspecified atom stereocenters. The highest BCUT2D eigenvalue weighted by molar-refractivity contribution is 7.89. The Morgan fingerprint density at radius 3 is 2.67 bits per heavy atom. The number of ether oxygens (including phenoxy) is 2. The lowest BCUT2D eigenvalue weighted by molar-refractivity contribution is -0.126. The maximum atomic E-state index is 13.0.